The summed E-state index contributed by atoms with van der Waals surface area (Å²) in [6.45, 7) is 5.60. The van der Waals surface area contributed by atoms with Crippen LogP contribution in [0.3, 0.4) is 0 Å². The van der Waals surface area contributed by atoms with E-state index in [4.69, 9.17) is 0 Å². The molecule has 0 bridgehead atoms. The largest absolute Gasteiger partial charge is 0.356 e. The highest BCUT2D eigenvalue weighted by Crippen LogP contribution is 2.27. The van der Waals surface area contributed by atoms with Crippen LogP contribution in [0.25, 0.3) is 0 Å². The molecule has 1 aliphatic rings. The molecule has 0 fully saturated rings. The van der Waals surface area contributed by atoms with E-state index < -0.39 is 0 Å². The summed E-state index contributed by atoms with van der Waals surface area (Å²) >= 11 is 0. The van der Waals surface area contributed by atoms with Crippen LogP contribution in [0.1, 0.15) is 52.4 Å². The van der Waals surface area contributed by atoms with Crippen LogP contribution >= 0.6 is 0 Å². The van der Waals surface area contributed by atoms with E-state index in [2.05, 4.69) is 66.4 Å². The lowest BCUT2D eigenvalue weighted by atomic mass is 10.1. The molecule has 1 atom stereocenters. The molecule has 0 aliphatic carbocycles. The molecule has 20 heavy (non-hydrogen) atoms. The van der Waals surface area contributed by atoms with Crippen LogP contribution in [0.4, 0.5) is 5.69 Å². The Morgan fingerprint density at radius 1 is 0.900 bits per heavy atom. The van der Waals surface area contributed by atoms with Crippen molar-refractivity contribution in [2.75, 3.05) is 11.4 Å². The van der Waals surface area contributed by atoms with Crippen LogP contribution in [0.2, 0.25) is 0 Å². The molecule has 2 heteroatoms. The summed E-state index contributed by atoms with van der Waals surface area (Å²) in [4.78, 5) is 4.87. The summed E-state index contributed by atoms with van der Waals surface area (Å²) in [6.07, 6.45) is 13.0. The Balaban J connectivity index is 1.92. The minimum Gasteiger partial charge on any atom is -0.356 e. The maximum absolute atomic E-state index is 2.45. The van der Waals surface area contributed by atoms with Gasteiger partial charge in [0.25, 0.3) is 0 Å². The van der Waals surface area contributed by atoms with E-state index in [9.17, 15) is 0 Å². The number of benzene rings is 1. The van der Waals surface area contributed by atoms with Crippen molar-refractivity contribution in [2.24, 2.45) is 0 Å². The van der Waals surface area contributed by atoms with Crippen LogP contribution in [0.15, 0.2) is 42.7 Å². The predicted molar refractivity (Wildman–Crippen MR) is 87.6 cm³/mol. The molecule has 0 amide bonds. The highest BCUT2D eigenvalue weighted by Gasteiger charge is 2.25. The van der Waals surface area contributed by atoms with E-state index in [1.165, 1.54) is 44.2 Å². The number of nitrogens with zero attached hydrogens (tertiary/aromatic N) is 2. The average molecular weight is 272 g/mol. The van der Waals surface area contributed by atoms with Crippen LogP contribution in [0, 0.1) is 0 Å². The highest BCUT2D eigenvalue weighted by atomic mass is 15.4. The third kappa shape index (κ3) is 3.78. The normalized spacial score (nSPS) is 18.0. The second-order valence-electron chi connectivity index (χ2n) is 5.55. The van der Waals surface area contributed by atoms with Gasteiger partial charge in [-0.15, -0.1) is 0 Å². The Bertz CT molecular complexity index is 399. The molecule has 1 aromatic rings. The lowest BCUT2D eigenvalue weighted by Crippen LogP contribution is -2.38. The van der Waals surface area contributed by atoms with Gasteiger partial charge in [0, 0.05) is 24.6 Å². The molecular formula is C18H28N2. The molecule has 0 radical (unpaired) electrons. The second-order valence-corrected chi connectivity index (χ2v) is 5.55. The molecule has 2 rings (SSSR count). The molecule has 1 aromatic carbocycles. The Hall–Kier alpha value is -1.44. The first-order valence-corrected chi connectivity index (χ1v) is 8.14. The SMILES string of the molecule is CCCCCCCC1N(CC)C=CN1c1ccccc1. The first-order valence-electron chi connectivity index (χ1n) is 8.14. The average Bonchev–Trinajstić information content (AvgIpc) is 2.91. The van der Waals surface area contributed by atoms with E-state index >= 15 is 0 Å². The topological polar surface area (TPSA) is 6.48 Å². The summed E-state index contributed by atoms with van der Waals surface area (Å²) < 4.78 is 0. The van der Waals surface area contributed by atoms with Crippen LogP contribution < -0.4 is 4.90 Å². The van der Waals surface area contributed by atoms with Crippen LogP contribution in [0.5, 0.6) is 0 Å². The summed E-state index contributed by atoms with van der Waals surface area (Å²) in [5, 5.41) is 0. The van der Waals surface area contributed by atoms with Crippen LogP contribution in [-0.2, 0) is 0 Å². The van der Waals surface area contributed by atoms with Crippen LogP contribution in [-0.4, -0.2) is 17.6 Å². The second kappa shape index (κ2) is 7.98. The van der Waals surface area contributed by atoms with Crippen molar-refractivity contribution < 1.29 is 0 Å². The number of para-hydroxylation sites is 1. The number of rotatable bonds is 8. The zero-order valence-corrected chi connectivity index (χ0v) is 13.0. The van der Waals surface area contributed by atoms with Gasteiger partial charge in [-0.25, -0.2) is 0 Å². The summed E-state index contributed by atoms with van der Waals surface area (Å²) in [7, 11) is 0. The third-order valence-electron chi connectivity index (χ3n) is 4.11. The lowest BCUT2D eigenvalue weighted by molar-refractivity contribution is 0.291. The first kappa shape index (κ1) is 15.0. The molecule has 1 unspecified atom stereocenters. The van der Waals surface area contributed by atoms with Crippen molar-refractivity contribution >= 4 is 5.69 Å². The van der Waals surface area contributed by atoms with Gasteiger partial charge in [0.15, 0.2) is 0 Å². The molecule has 0 spiro atoms. The Labute approximate surface area is 124 Å². The van der Waals surface area contributed by atoms with Gasteiger partial charge in [0.05, 0.1) is 0 Å². The smallest absolute Gasteiger partial charge is 0.105 e. The van der Waals surface area contributed by atoms with Gasteiger partial charge in [-0.2, -0.15) is 0 Å². The molecule has 0 N–H and O–H groups in total. The van der Waals surface area contributed by atoms with Gasteiger partial charge in [0.1, 0.15) is 6.17 Å². The summed E-state index contributed by atoms with van der Waals surface area (Å²) in [5.41, 5.74) is 1.30. The molecule has 0 aromatic heterocycles. The van der Waals surface area contributed by atoms with Crippen molar-refractivity contribution in [3.63, 3.8) is 0 Å². The minimum absolute atomic E-state index is 0.504. The first-order chi connectivity index (χ1) is 9.86. The predicted octanol–water partition coefficient (Wildman–Crippen LogP) is 4.99. The van der Waals surface area contributed by atoms with E-state index in [-0.39, 0.29) is 0 Å². The zero-order valence-electron chi connectivity index (χ0n) is 13.0. The fourth-order valence-corrected chi connectivity index (χ4v) is 2.93. The Kier molecular flexibility index (Phi) is 5.97. The van der Waals surface area contributed by atoms with Gasteiger partial charge >= 0.3 is 0 Å². The maximum Gasteiger partial charge on any atom is 0.105 e. The van der Waals surface area contributed by atoms with Crippen molar-refractivity contribution in [1.82, 2.24) is 4.90 Å². The van der Waals surface area contributed by atoms with Gasteiger partial charge in [-0.05, 0) is 31.9 Å². The highest BCUT2D eigenvalue weighted by molar-refractivity contribution is 5.51. The van der Waals surface area contributed by atoms with Gasteiger partial charge in [-0.1, -0.05) is 50.8 Å². The Morgan fingerprint density at radius 2 is 1.65 bits per heavy atom. The standard InChI is InChI=1S/C18H28N2/c1-3-5-6-7-11-14-18-19(4-2)15-16-20(18)17-12-9-8-10-13-17/h8-10,12-13,15-16,18H,3-7,11,14H2,1-2H3. The number of anilines is 1. The fourth-order valence-electron chi connectivity index (χ4n) is 2.93. The number of hydrogen-bond donors (Lipinski definition) is 0. The minimum atomic E-state index is 0.504. The van der Waals surface area contributed by atoms with Crippen molar-refractivity contribution in [3.05, 3.63) is 42.7 Å². The number of unbranched alkanes of at least 4 members (excludes halogenated alkanes) is 4. The van der Waals surface area contributed by atoms with E-state index in [1.54, 1.807) is 0 Å². The molecule has 0 saturated carbocycles. The van der Waals surface area contributed by atoms with E-state index in [0.717, 1.165) is 6.54 Å². The van der Waals surface area contributed by atoms with E-state index in [1.807, 2.05) is 0 Å². The lowest BCUT2D eigenvalue weighted by Gasteiger charge is -2.32. The van der Waals surface area contributed by atoms with Crippen molar-refractivity contribution in [3.8, 4) is 0 Å². The molecule has 110 valence electrons. The van der Waals surface area contributed by atoms with Gasteiger partial charge < -0.3 is 9.80 Å². The Morgan fingerprint density at radius 3 is 2.35 bits per heavy atom. The molecule has 0 saturated heterocycles. The van der Waals surface area contributed by atoms with Crippen molar-refractivity contribution in [2.45, 2.75) is 58.5 Å². The van der Waals surface area contributed by atoms with Gasteiger partial charge in [-0.3, -0.25) is 0 Å². The maximum atomic E-state index is 2.45. The summed E-state index contributed by atoms with van der Waals surface area (Å²) in [6, 6.07) is 10.7. The number of hydrogen-bond acceptors (Lipinski definition) is 2. The molecule has 2 nitrogen and oxygen atoms in total. The monoisotopic (exact) mass is 272 g/mol. The fraction of sp³-hybridized carbons (Fsp3) is 0.556. The third-order valence-corrected chi connectivity index (χ3v) is 4.11. The molecule has 1 heterocycles. The van der Waals surface area contributed by atoms with Crippen molar-refractivity contribution in [1.29, 1.82) is 0 Å². The quantitative estimate of drug-likeness (QED) is 0.615. The molecular weight excluding hydrogens is 244 g/mol. The zero-order chi connectivity index (χ0) is 14.2. The van der Waals surface area contributed by atoms with Gasteiger partial charge in [0.2, 0.25) is 0 Å². The van der Waals surface area contributed by atoms with E-state index in [0.29, 0.717) is 6.17 Å². The summed E-state index contributed by atoms with van der Waals surface area (Å²) in [5.74, 6) is 0. The molecule has 1 aliphatic heterocycles.